The molecule has 24 heavy (non-hydrogen) atoms. The van der Waals surface area contributed by atoms with E-state index in [0.29, 0.717) is 30.0 Å². The lowest BCUT2D eigenvalue weighted by Crippen LogP contribution is -2.54. The van der Waals surface area contributed by atoms with Gasteiger partial charge in [0.1, 0.15) is 0 Å². The van der Waals surface area contributed by atoms with Crippen LogP contribution in [0.2, 0.25) is 0 Å². The molecule has 0 spiro atoms. The van der Waals surface area contributed by atoms with Crippen LogP contribution in [0.15, 0.2) is 0 Å². The lowest BCUT2D eigenvalue weighted by molar-refractivity contribution is 0.121. The Morgan fingerprint density at radius 1 is 1.00 bits per heavy atom. The Kier molecular flexibility index (Phi) is 6.03. The first-order valence-electron chi connectivity index (χ1n) is 10.0. The largest absolute Gasteiger partial charge is 0.395 e. The van der Waals surface area contributed by atoms with Gasteiger partial charge in [-0.1, -0.05) is 20.3 Å². The first-order chi connectivity index (χ1) is 11.6. The van der Waals surface area contributed by atoms with Gasteiger partial charge in [0.05, 0.1) is 6.61 Å². The molecule has 2 aliphatic heterocycles. The molecule has 1 aliphatic carbocycles. The molecule has 3 fully saturated rings. The maximum absolute atomic E-state index is 12.9. The number of hydrogen-bond donors (Lipinski definition) is 2. The van der Waals surface area contributed by atoms with Crippen LogP contribution in [0.5, 0.6) is 0 Å². The van der Waals surface area contributed by atoms with Gasteiger partial charge in [0.15, 0.2) is 0 Å². The summed E-state index contributed by atoms with van der Waals surface area (Å²) in [6.07, 6.45) is 8.20. The number of aliphatic hydroxyl groups is 1. The van der Waals surface area contributed by atoms with Gasteiger partial charge >= 0.3 is 6.03 Å². The highest BCUT2D eigenvalue weighted by molar-refractivity contribution is 5.75. The standard InChI is InChI=1S/C19H35N3O2/c1-14-6-3-7-15(2)18(14)20-19(24)22-11-5-8-16(22)12-21-10-4-9-17(21)13-23/h14-18,23H,3-13H2,1-2H3,(H,20,24)/t14-,15+,16-,17+,18?/m0/s1. The fourth-order valence-corrected chi connectivity index (χ4v) is 5.10. The SMILES string of the molecule is C[C@@H]1CCC[C@H](C)C1NC(=O)N1CCC[C@H]1CN1CCC[C@@H]1CO. The molecule has 5 atom stereocenters. The zero-order valence-corrected chi connectivity index (χ0v) is 15.4. The molecule has 138 valence electrons. The molecule has 5 nitrogen and oxygen atoms in total. The third kappa shape index (κ3) is 3.88. The van der Waals surface area contributed by atoms with E-state index in [2.05, 4.69) is 29.0 Å². The summed E-state index contributed by atoms with van der Waals surface area (Å²) < 4.78 is 0. The number of rotatable bonds is 4. The van der Waals surface area contributed by atoms with Gasteiger partial charge in [0, 0.05) is 31.2 Å². The van der Waals surface area contributed by atoms with Crippen LogP contribution in [0, 0.1) is 11.8 Å². The second-order valence-corrected chi connectivity index (χ2v) is 8.32. The summed E-state index contributed by atoms with van der Waals surface area (Å²) in [5, 5.41) is 12.9. The molecule has 2 amide bonds. The van der Waals surface area contributed by atoms with Crippen LogP contribution in [0.1, 0.15) is 58.8 Å². The molecule has 0 radical (unpaired) electrons. The van der Waals surface area contributed by atoms with Gasteiger partial charge in [0.25, 0.3) is 0 Å². The van der Waals surface area contributed by atoms with E-state index in [1.807, 2.05) is 0 Å². The van der Waals surface area contributed by atoms with Crippen molar-refractivity contribution >= 4 is 6.03 Å². The Hall–Kier alpha value is -0.810. The summed E-state index contributed by atoms with van der Waals surface area (Å²) in [6, 6.07) is 1.08. The Bertz CT molecular complexity index is 421. The van der Waals surface area contributed by atoms with Crippen molar-refractivity contribution in [2.24, 2.45) is 11.8 Å². The minimum absolute atomic E-state index is 0.142. The number of carbonyl (C=O) groups is 1. The molecule has 3 rings (SSSR count). The van der Waals surface area contributed by atoms with E-state index >= 15 is 0 Å². The third-order valence-electron chi connectivity index (χ3n) is 6.63. The number of carbonyl (C=O) groups excluding carboxylic acids is 1. The van der Waals surface area contributed by atoms with Gasteiger partial charge in [-0.3, -0.25) is 4.90 Å². The predicted octanol–water partition coefficient (Wildman–Crippen LogP) is 2.44. The van der Waals surface area contributed by atoms with Gasteiger partial charge in [-0.2, -0.15) is 0 Å². The van der Waals surface area contributed by atoms with Crippen molar-refractivity contribution in [1.82, 2.24) is 15.1 Å². The summed E-state index contributed by atoms with van der Waals surface area (Å²) in [7, 11) is 0. The number of likely N-dealkylation sites (tertiary alicyclic amines) is 2. The van der Waals surface area contributed by atoms with E-state index in [-0.39, 0.29) is 12.6 Å². The highest BCUT2D eigenvalue weighted by atomic mass is 16.3. The summed E-state index contributed by atoms with van der Waals surface area (Å²) in [4.78, 5) is 17.3. The number of urea groups is 1. The van der Waals surface area contributed by atoms with Crippen LogP contribution < -0.4 is 5.32 Å². The highest BCUT2D eigenvalue weighted by Crippen LogP contribution is 2.30. The lowest BCUT2D eigenvalue weighted by Gasteiger charge is -2.37. The summed E-state index contributed by atoms with van der Waals surface area (Å²) in [6.45, 7) is 7.66. The highest BCUT2D eigenvalue weighted by Gasteiger charge is 2.36. The minimum atomic E-state index is 0.142. The zero-order valence-electron chi connectivity index (χ0n) is 15.4. The molecule has 5 heteroatoms. The lowest BCUT2D eigenvalue weighted by atomic mass is 9.79. The molecule has 2 heterocycles. The molecule has 3 aliphatic rings. The van der Waals surface area contributed by atoms with E-state index in [9.17, 15) is 9.90 Å². The van der Waals surface area contributed by atoms with E-state index in [1.54, 1.807) is 0 Å². The maximum atomic E-state index is 12.9. The summed E-state index contributed by atoms with van der Waals surface area (Å²) >= 11 is 0. The van der Waals surface area contributed by atoms with E-state index < -0.39 is 0 Å². The van der Waals surface area contributed by atoms with Crippen molar-refractivity contribution in [2.45, 2.75) is 76.9 Å². The van der Waals surface area contributed by atoms with Crippen LogP contribution in [0.3, 0.4) is 0 Å². The van der Waals surface area contributed by atoms with Gasteiger partial charge in [-0.15, -0.1) is 0 Å². The summed E-state index contributed by atoms with van der Waals surface area (Å²) in [5.74, 6) is 1.16. The molecule has 2 N–H and O–H groups in total. The first-order valence-corrected chi connectivity index (χ1v) is 10.0. The quantitative estimate of drug-likeness (QED) is 0.828. The molecular weight excluding hydrogens is 302 g/mol. The molecule has 1 unspecified atom stereocenters. The van der Waals surface area contributed by atoms with Crippen LogP contribution >= 0.6 is 0 Å². The number of amides is 2. The Labute approximate surface area is 146 Å². The third-order valence-corrected chi connectivity index (χ3v) is 6.63. The van der Waals surface area contributed by atoms with Gasteiger partial charge in [-0.25, -0.2) is 4.79 Å². The van der Waals surface area contributed by atoms with Crippen molar-refractivity contribution < 1.29 is 9.90 Å². The second kappa shape index (κ2) is 8.05. The van der Waals surface area contributed by atoms with Gasteiger partial charge in [0.2, 0.25) is 0 Å². The molecular formula is C19H35N3O2. The van der Waals surface area contributed by atoms with Gasteiger partial charge in [-0.05, 0) is 56.9 Å². The van der Waals surface area contributed by atoms with Crippen molar-refractivity contribution in [1.29, 1.82) is 0 Å². The maximum Gasteiger partial charge on any atom is 0.317 e. The normalized spacial score (nSPS) is 37.8. The van der Waals surface area contributed by atoms with E-state index in [0.717, 1.165) is 38.9 Å². The number of aliphatic hydroxyl groups excluding tert-OH is 1. The molecule has 1 saturated carbocycles. The molecule has 0 bridgehead atoms. The van der Waals surface area contributed by atoms with E-state index in [1.165, 1.54) is 25.7 Å². The molecule has 2 saturated heterocycles. The Balaban J connectivity index is 1.57. The van der Waals surface area contributed by atoms with Crippen LogP contribution in [0.25, 0.3) is 0 Å². The topological polar surface area (TPSA) is 55.8 Å². The predicted molar refractivity (Wildman–Crippen MR) is 95.9 cm³/mol. The molecule has 0 aromatic heterocycles. The molecule has 0 aromatic carbocycles. The number of nitrogens with one attached hydrogen (secondary N) is 1. The van der Waals surface area contributed by atoms with Crippen molar-refractivity contribution in [2.75, 3.05) is 26.2 Å². The molecule has 0 aromatic rings. The summed E-state index contributed by atoms with van der Waals surface area (Å²) in [5.41, 5.74) is 0. The van der Waals surface area contributed by atoms with E-state index in [4.69, 9.17) is 0 Å². The van der Waals surface area contributed by atoms with Crippen LogP contribution in [-0.4, -0.2) is 65.3 Å². The smallest absolute Gasteiger partial charge is 0.317 e. The number of hydrogen-bond acceptors (Lipinski definition) is 3. The van der Waals surface area contributed by atoms with Crippen LogP contribution in [-0.2, 0) is 0 Å². The van der Waals surface area contributed by atoms with Crippen molar-refractivity contribution in [3.05, 3.63) is 0 Å². The zero-order chi connectivity index (χ0) is 17.1. The second-order valence-electron chi connectivity index (χ2n) is 8.32. The van der Waals surface area contributed by atoms with Crippen LogP contribution in [0.4, 0.5) is 4.79 Å². The van der Waals surface area contributed by atoms with Gasteiger partial charge < -0.3 is 15.3 Å². The number of nitrogens with zero attached hydrogens (tertiary/aromatic N) is 2. The fourth-order valence-electron chi connectivity index (χ4n) is 5.10. The average Bonchev–Trinajstić information content (AvgIpc) is 3.20. The van der Waals surface area contributed by atoms with Crippen molar-refractivity contribution in [3.63, 3.8) is 0 Å². The Morgan fingerprint density at radius 2 is 1.67 bits per heavy atom. The first kappa shape index (κ1) is 18.0. The fraction of sp³-hybridized carbons (Fsp3) is 0.947. The monoisotopic (exact) mass is 337 g/mol. The van der Waals surface area contributed by atoms with Crippen molar-refractivity contribution in [3.8, 4) is 0 Å². The Morgan fingerprint density at radius 3 is 2.38 bits per heavy atom. The average molecular weight is 338 g/mol. The minimum Gasteiger partial charge on any atom is -0.395 e.